The van der Waals surface area contributed by atoms with Gasteiger partial charge in [-0.1, -0.05) is 0 Å². The van der Waals surface area contributed by atoms with Crippen LogP contribution in [0.1, 0.15) is 11.8 Å². The molecule has 15 heavy (non-hydrogen) atoms. The van der Waals surface area contributed by atoms with Gasteiger partial charge in [0.05, 0.1) is 5.56 Å². The SMILES string of the molecule is Nc1ncnn2c(Br)cc(C(=O)O)c12.[H-].[Na+]. The van der Waals surface area contributed by atoms with E-state index in [-0.39, 0.29) is 42.4 Å². The van der Waals surface area contributed by atoms with E-state index < -0.39 is 5.97 Å². The molecule has 0 aliphatic heterocycles. The van der Waals surface area contributed by atoms with Crippen LogP contribution in [0.25, 0.3) is 5.52 Å². The maximum absolute atomic E-state index is 10.8. The molecule has 2 rings (SSSR count). The minimum Gasteiger partial charge on any atom is -1.00 e. The second-order valence-corrected chi connectivity index (χ2v) is 3.40. The number of hydrogen-bond acceptors (Lipinski definition) is 4. The summed E-state index contributed by atoms with van der Waals surface area (Å²) < 4.78 is 1.91. The van der Waals surface area contributed by atoms with E-state index in [4.69, 9.17) is 10.8 Å². The van der Waals surface area contributed by atoms with Gasteiger partial charge in [-0.2, -0.15) is 5.10 Å². The summed E-state index contributed by atoms with van der Waals surface area (Å²) in [6.45, 7) is 0. The van der Waals surface area contributed by atoms with Crippen LogP contribution in [-0.2, 0) is 0 Å². The Morgan fingerprint density at radius 1 is 1.67 bits per heavy atom. The van der Waals surface area contributed by atoms with Crippen molar-refractivity contribution in [3.63, 3.8) is 0 Å². The number of hydrogen-bond donors (Lipinski definition) is 2. The number of rotatable bonds is 1. The fourth-order valence-electron chi connectivity index (χ4n) is 1.19. The van der Waals surface area contributed by atoms with Crippen molar-refractivity contribution >= 4 is 33.2 Å². The summed E-state index contributed by atoms with van der Waals surface area (Å²) in [5.74, 6) is -0.919. The van der Waals surface area contributed by atoms with Crippen LogP contribution in [0.5, 0.6) is 0 Å². The number of anilines is 1. The van der Waals surface area contributed by atoms with Crippen molar-refractivity contribution in [2.45, 2.75) is 0 Å². The number of carboxylic acid groups (broad SMARTS) is 1. The van der Waals surface area contributed by atoms with Crippen LogP contribution in [0.2, 0.25) is 0 Å². The molecule has 0 saturated carbocycles. The van der Waals surface area contributed by atoms with Crippen molar-refractivity contribution in [3.05, 3.63) is 22.6 Å². The second-order valence-electron chi connectivity index (χ2n) is 2.59. The first-order valence-electron chi connectivity index (χ1n) is 3.62. The largest absolute Gasteiger partial charge is 1.00 e. The van der Waals surface area contributed by atoms with Gasteiger partial charge >= 0.3 is 35.5 Å². The van der Waals surface area contributed by atoms with E-state index in [0.717, 1.165) is 0 Å². The standard InChI is InChI=1S/C7H5BrN4O2.Na.H/c8-4-1-3(7(13)14)5-6(9)10-2-11-12(4)5;;/h1-2H,(H,13,14)(H2,9,10,11);;/q;+1;-1. The molecule has 0 atom stereocenters. The Bertz CT molecular complexity index is 532. The Kier molecular flexibility index (Phi) is 3.72. The Morgan fingerprint density at radius 2 is 2.33 bits per heavy atom. The molecular weight excluding hydrogens is 275 g/mol. The number of aromatic carboxylic acids is 1. The third-order valence-electron chi connectivity index (χ3n) is 1.77. The number of carboxylic acids is 1. The summed E-state index contributed by atoms with van der Waals surface area (Å²) in [5.41, 5.74) is 5.93. The molecule has 0 aliphatic carbocycles. The zero-order valence-corrected chi connectivity index (χ0v) is 11.4. The van der Waals surface area contributed by atoms with Crippen LogP contribution in [-0.4, -0.2) is 25.7 Å². The van der Waals surface area contributed by atoms with Gasteiger partial charge in [0.2, 0.25) is 0 Å². The minimum atomic E-state index is -1.06. The maximum atomic E-state index is 10.8. The van der Waals surface area contributed by atoms with Gasteiger partial charge in [-0.3, -0.25) is 0 Å². The number of fused-ring (bicyclic) bond motifs is 1. The van der Waals surface area contributed by atoms with Crippen LogP contribution in [0.3, 0.4) is 0 Å². The molecule has 0 saturated heterocycles. The van der Waals surface area contributed by atoms with Gasteiger partial charge in [0.15, 0.2) is 5.82 Å². The first-order valence-corrected chi connectivity index (χ1v) is 4.41. The molecule has 0 spiro atoms. The number of carbonyl (C=O) groups is 1. The van der Waals surface area contributed by atoms with Crippen LogP contribution < -0.4 is 35.3 Å². The number of aromatic nitrogens is 3. The summed E-state index contributed by atoms with van der Waals surface area (Å²) in [6.07, 6.45) is 1.26. The first kappa shape index (κ1) is 12.4. The van der Waals surface area contributed by atoms with Crippen molar-refractivity contribution in [2.75, 3.05) is 5.73 Å². The van der Waals surface area contributed by atoms with E-state index in [1.54, 1.807) is 0 Å². The summed E-state index contributed by atoms with van der Waals surface area (Å²) in [4.78, 5) is 14.6. The van der Waals surface area contributed by atoms with Crippen LogP contribution >= 0.6 is 15.9 Å². The molecule has 6 nitrogen and oxygen atoms in total. The van der Waals surface area contributed by atoms with Crippen molar-refractivity contribution in [3.8, 4) is 0 Å². The molecule has 3 N–H and O–H groups in total. The topological polar surface area (TPSA) is 93.5 Å². The van der Waals surface area contributed by atoms with Crippen LogP contribution in [0, 0.1) is 0 Å². The third-order valence-corrected chi connectivity index (χ3v) is 2.33. The molecule has 2 heterocycles. The van der Waals surface area contributed by atoms with Gasteiger partial charge in [0.25, 0.3) is 0 Å². The molecule has 0 radical (unpaired) electrons. The number of nitrogens with zero attached hydrogens (tertiary/aromatic N) is 3. The minimum absolute atomic E-state index is 0. The van der Waals surface area contributed by atoms with Crippen LogP contribution in [0.15, 0.2) is 17.0 Å². The molecule has 0 aromatic carbocycles. The molecule has 0 amide bonds. The fraction of sp³-hybridized carbons (Fsp3) is 0. The zero-order chi connectivity index (χ0) is 10.3. The van der Waals surface area contributed by atoms with Gasteiger partial charge in [-0.25, -0.2) is 14.3 Å². The Hall–Kier alpha value is -0.630. The van der Waals surface area contributed by atoms with E-state index in [2.05, 4.69) is 26.0 Å². The molecular formula is C7H6BrN4NaO2. The summed E-state index contributed by atoms with van der Waals surface area (Å²) >= 11 is 3.17. The number of halogens is 1. The van der Waals surface area contributed by atoms with Gasteiger partial charge in [-0.05, 0) is 22.0 Å². The number of nitrogens with two attached hydrogens (primary N) is 1. The monoisotopic (exact) mass is 280 g/mol. The molecule has 0 bridgehead atoms. The third kappa shape index (κ3) is 2.00. The maximum Gasteiger partial charge on any atom is 1.00 e. The van der Waals surface area contributed by atoms with E-state index in [9.17, 15) is 4.79 Å². The van der Waals surface area contributed by atoms with Gasteiger partial charge < -0.3 is 12.3 Å². The molecule has 2 aromatic rings. The molecule has 0 aliphatic rings. The average Bonchev–Trinajstić information content (AvgIpc) is 2.46. The van der Waals surface area contributed by atoms with Crippen molar-refractivity contribution in [1.29, 1.82) is 0 Å². The zero-order valence-electron chi connectivity index (χ0n) is 8.81. The predicted octanol–water partition coefficient (Wildman–Crippen LogP) is -2.11. The molecule has 74 valence electrons. The second kappa shape index (κ2) is 4.48. The van der Waals surface area contributed by atoms with Gasteiger partial charge in [0.1, 0.15) is 16.4 Å². The van der Waals surface area contributed by atoms with Crippen molar-refractivity contribution in [1.82, 2.24) is 14.6 Å². The Morgan fingerprint density at radius 3 is 2.93 bits per heavy atom. The number of nitrogen functional groups attached to an aromatic ring is 1. The summed E-state index contributed by atoms with van der Waals surface area (Å²) in [5, 5.41) is 12.7. The summed E-state index contributed by atoms with van der Waals surface area (Å²) in [6, 6.07) is 1.43. The molecule has 0 unspecified atom stereocenters. The van der Waals surface area contributed by atoms with E-state index in [1.165, 1.54) is 16.9 Å². The molecule has 0 fully saturated rings. The Balaban J connectivity index is 0.00000112. The van der Waals surface area contributed by atoms with Crippen molar-refractivity contribution < 1.29 is 40.9 Å². The normalized spacial score (nSPS) is 9.93. The van der Waals surface area contributed by atoms with Gasteiger partial charge in [-0.15, -0.1) is 0 Å². The summed E-state index contributed by atoms with van der Waals surface area (Å²) in [7, 11) is 0. The van der Waals surface area contributed by atoms with E-state index >= 15 is 0 Å². The molecule has 8 heteroatoms. The average molecular weight is 281 g/mol. The quantitative estimate of drug-likeness (QED) is 0.583. The van der Waals surface area contributed by atoms with Crippen molar-refractivity contribution in [2.24, 2.45) is 0 Å². The Labute approximate surface area is 116 Å². The van der Waals surface area contributed by atoms with Gasteiger partial charge in [0, 0.05) is 0 Å². The van der Waals surface area contributed by atoms with E-state index in [0.29, 0.717) is 10.1 Å². The van der Waals surface area contributed by atoms with Crippen LogP contribution in [0.4, 0.5) is 5.82 Å². The molecule has 2 aromatic heterocycles. The first-order chi connectivity index (χ1) is 6.61. The predicted molar refractivity (Wildman–Crippen MR) is 53.2 cm³/mol. The fourth-order valence-corrected chi connectivity index (χ4v) is 1.69. The van der Waals surface area contributed by atoms with E-state index in [1.807, 2.05) is 0 Å². The smallest absolute Gasteiger partial charge is 1.00 e.